The lowest BCUT2D eigenvalue weighted by Crippen LogP contribution is -2.47. The third-order valence-electron chi connectivity index (χ3n) is 5.12. The Kier molecular flexibility index (Phi) is 3.78. The molecule has 27 heavy (non-hydrogen) atoms. The van der Waals surface area contributed by atoms with Crippen LogP contribution in [0.5, 0.6) is 5.75 Å². The highest BCUT2D eigenvalue weighted by atomic mass is 16.5. The van der Waals surface area contributed by atoms with Crippen LogP contribution in [0.4, 0.5) is 11.6 Å². The number of rotatable bonds is 3. The Hall–Kier alpha value is -3.35. The molecule has 0 atom stereocenters. The largest absolute Gasteiger partial charge is 0.495 e. The molecule has 1 saturated heterocycles. The van der Waals surface area contributed by atoms with Gasteiger partial charge in [-0.1, -0.05) is 24.3 Å². The van der Waals surface area contributed by atoms with Gasteiger partial charge in [0, 0.05) is 31.6 Å². The Morgan fingerprint density at radius 2 is 1.63 bits per heavy atom. The van der Waals surface area contributed by atoms with Crippen molar-refractivity contribution >= 4 is 28.2 Å². The summed E-state index contributed by atoms with van der Waals surface area (Å²) in [7, 11) is 1.72. The number of piperazine rings is 1. The number of nitrogens with zero attached hydrogens (tertiary/aromatic N) is 6. The normalized spacial score (nSPS) is 14.9. The first-order valence-corrected chi connectivity index (χ1v) is 9.06. The third kappa shape index (κ3) is 2.63. The van der Waals surface area contributed by atoms with Gasteiger partial charge in [0.05, 0.1) is 18.3 Å². The molecule has 136 valence electrons. The Bertz CT molecular complexity index is 1100. The Labute approximate surface area is 156 Å². The van der Waals surface area contributed by atoms with E-state index in [1.807, 2.05) is 40.8 Å². The molecule has 4 aromatic rings. The third-order valence-corrected chi connectivity index (χ3v) is 5.12. The zero-order chi connectivity index (χ0) is 18.2. The molecule has 0 bridgehead atoms. The zero-order valence-corrected chi connectivity index (χ0v) is 15.1. The summed E-state index contributed by atoms with van der Waals surface area (Å²) in [5.74, 6) is 1.81. The van der Waals surface area contributed by atoms with Crippen LogP contribution >= 0.6 is 0 Å². The van der Waals surface area contributed by atoms with Gasteiger partial charge in [-0.05, 0) is 24.3 Å². The van der Waals surface area contributed by atoms with Crippen LogP contribution < -0.4 is 14.5 Å². The van der Waals surface area contributed by atoms with Crippen molar-refractivity contribution in [3.05, 3.63) is 54.9 Å². The quantitative estimate of drug-likeness (QED) is 0.560. The monoisotopic (exact) mass is 360 g/mol. The van der Waals surface area contributed by atoms with Gasteiger partial charge in [-0.15, -0.1) is 10.2 Å². The van der Waals surface area contributed by atoms with Crippen LogP contribution in [-0.4, -0.2) is 52.9 Å². The Morgan fingerprint density at radius 1 is 0.889 bits per heavy atom. The van der Waals surface area contributed by atoms with Crippen molar-refractivity contribution in [3.63, 3.8) is 0 Å². The van der Waals surface area contributed by atoms with Gasteiger partial charge < -0.3 is 14.5 Å². The molecule has 3 heterocycles. The lowest BCUT2D eigenvalue weighted by molar-refractivity contribution is 0.413. The molecule has 0 unspecified atom stereocenters. The highest BCUT2D eigenvalue weighted by Gasteiger charge is 2.23. The molecule has 0 amide bonds. The fourth-order valence-corrected chi connectivity index (χ4v) is 3.75. The molecule has 0 radical (unpaired) electrons. The maximum Gasteiger partial charge on any atom is 0.213 e. The van der Waals surface area contributed by atoms with Crippen LogP contribution in [0, 0.1) is 0 Å². The number of methoxy groups -OCH3 is 1. The molecule has 7 nitrogen and oxygen atoms in total. The summed E-state index contributed by atoms with van der Waals surface area (Å²) in [6.45, 7) is 3.55. The molecular formula is C20H20N6O. The molecule has 0 aliphatic carbocycles. The van der Waals surface area contributed by atoms with Crippen LogP contribution in [0.3, 0.4) is 0 Å². The van der Waals surface area contributed by atoms with E-state index < -0.39 is 0 Å². The number of hydrogen-bond donors (Lipinski definition) is 0. The summed E-state index contributed by atoms with van der Waals surface area (Å²) in [4.78, 5) is 9.56. The summed E-state index contributed by atoms with van der Waals surface area (Å²) >= 11 is 0. The molecule has 7 heteroatoms. The number of anilines is 2. The van der Waals surface area contributed by atoms with E-state index in [9.17, 15) is 0 Å². The second-order valence-electron chi connectivity index (χ2n) is 6.60. The fraction of sp³-hybridized carbons (Fsp3) is 0.250. The highest BCUT2D eigenvalue weighted by molar-refractivity contribution is 5.92. The molecule has 2 aromatic heterocycles. The van der Waals surface area contributed by atoms with Crippen molar-refractivity contribution in [2.45, 2.75) is 0 Å². The fourth-order valence-electron chi connectivity index (χ4n) is 3.75. The molecule has 1 fully saturated rings. The molecular weight excluding hydrogens is 340 g/mol. The summed E-state index contributed by atoms with van der Waals surface area (Å²) in [5.41, 5.74) is 2.93. The lowest BCUT2D eigenvalue weighted by atomic mass is 10.2. The second-order valence-corrected chi connectivity index (χ2v) is 6.60. The van der Waals surface area contributed by atoms with Crippen molar-refractivity contribution in [1.29, 1.82) is 0 Å². The Morgan fingerprint density at radius 3 is 2.48 bits per heavy atom. The van der Waals surface area contributed by atoms with Crippen LogP contribution in [-0.2, 0) is 0 Å². The molecule has 5 rings (SSSR count). The predicted octanol–water partition coefficient (Wildman–Crippen LogP) is 2.61. The zero-order valence-electron chi connectivity index (χ0n) is 15.1. The van der Waals surface area contributed by atoms with Gasteiger partial charge in [-0.25, -0.2) is 4.98 Å². The minimum atomic E-state index is 0.850. The average molecular weight is 360 g/mol. The van der Waals surface area contributed by atoms with E-state index in [1.54, 1.807) is 13.4 Å². The molecule has 2 aromatic carbocycles. The van der Waals surface area contributed by atoms with Crippen LogP contribution in [0.15, 0.2) is 54.9 Å². The van der Waals surface area contributed by atoms with Crippen LogP contribution in [0.1, 0.15) is 0 Å². The van der Waals surface area contributed by atoms with Crippen molar-refractivity contribution < 1.29 is 4.74 Å². The maximum absolute atomic E-state index is 5.52. The van der Waals surface area contributed by atoms with Gasteiger partial charge in [-0.2, -0.15) is 0 Å². The highest BCUT2D eigenvalue weighted by Crippen LogP contribution is 2.29. The van der Waals surface area contributed by atoms with Crippen molar-refractivity contribution in [2.75, 3.05) is 43.1 Å². The number of para-hydroxylation sites is 3. The Balaban J connectivity index is 1.46. The van der Waals surface area contributed by atoms with E-state index in [0.717, 1.165) is 60.1 Å². The van der Waals surface area contributed by atoms with Crippen molar-refractivity contribution in [1.82, 2.24) is 19.6 Å². The van der Waals surface area contributed by atoms with E-state index in [1.165, 1.54) is 0 Å². The molecule has 1 aliphatic heterocycles. The first-order chi connectivity index (χ1) is 13.3. The second kappa shape index (κ2) is 6.42. The van der Waals surface area contributed by atoms with Gasteiger partial charge in [0.2, 0.25) is 5.95 Å². The molecule has 1 aliphatic rings. The van der Waals surface area contributed by atoms with Gasteiger partial charge in [0.25, 0.3) is 0 Å². The van der Waals surface area contributed by atoms with E-state index in [2.05, 4.69) is 32.1 Å². The van der Waals surface area contributed by atoms with Gasteiger partial charge in [0.15, 0.2) is 5.65 Å². The smallest absolute Gasteiger partial charge is 0.213 e. The summed E-state index contributed by atoms with van der Waals surface area (Å²) in [6, 6.07) is 16.2. The first kappa shape index (κ1) is 15.9. The van der Waals surface area contributed by atoms with E-state index in [0.29, 0.717) is 0 Å². The molecule has 0 spiro atoms. The minimum Gasteiger partial charge on any atom is -0.495 e. The van der Waals surface area contributed by atoms with E-state index in [4.69, 9.17) is 9.72 Å². The minimum absolute atomic E-state index is 0.850. The summed E-state index contributed by atoms with van der Waals surface area (Å²) < 4.78 is 7.50. The van der Waals surface area contributed by atoms with E-state index in [-0.39, 0.29) is 0 Å². The van der Waals surface area contributed by atoms with Gasteiger partial charge in [0.1, 0.15) is 12.1 Å². The van der Waals surface area contributed by atoms with Crippen molar-refractivity contribution in [2.24, 2.45) is 0 Å². The molecule has 0 N–H and O–H groups in total. The van der Waals surface area contributed by atoms with Crippen molar-refractivity contribution in [3.8, 4) is 5.75 Å². The lowest BCUT2D eigenvalue weighted by Gasteiger charge is -2.37. The van der Waals surface area contributed by atoms with Crippen LogP contribution in [0.2, 0.25) is 0 Å². The standard InChI is InChI=1S/C20H20N6O/c1-27-18-9-5-4-8-17(18)24-10-12-25(13-11-24)20-22-16-7-3-2-6-15(16)19-23-21-14-26(19)20/h2-9,14H,10-13H2,1H3. The summed E-state index contributed by atoms with van der Waals surface area (Å²) in [5, 5.41) is 9.44. The molecule has 0 saturated carbocycles. The number of fused-ring (bicyclic) bond motifs is 3. The topological polar surface area (TPSA) is 58.8 Å². The summed E-state index contributed by atoms with van der Waals surface area (Å²) in [6.07, 6.45) is 1.75. The average Bonchev–Trinajstić information content (AvgIpc) is 3.23. The number of ether oxygens (including phenoxy) is 1. The number of benzene rings is 2. The first-order valence-electron chi connectivity index (χ1n) is 9.06. The SMILES string of the molecule is COc1ccccc1N1CCN(c2nc3ccccc3c3nncn23)CC1. The number of aromatic nitrogens is 4. The van der Waals surface area contributed by atoms with Crippen LogP contribution in [0.25, 0.3) is 16.6 Å². The van der Waals surface area contributed by atoms with Gasteiger partial charge in [-0.3, -0.25) is 4.40 Å². The predicted molar refractivity (Wildman–Crippen MR) is 106 cm³/mol. The maximum atomic E-state index is 5.52. The van der Waals surface area contributed by atoms with E-state index >= 15 is 0 Å². The number of hydrogen-bond acceptors (Lipinski definition) is 6. The van der Waals surface area contributed by atoms with Gasteiger partial charge >= 0.3 is 0 Å².